The van der Waals surface area contributed by atoms with Gasteiger partial charge in [0.25, 0.3) is 0 Å². The summed E-state index contributed by atoms with van der Waals surface area (Å²) in [7, 11) is 0. The van der Waals surface area contributed by atoms with E-state index in [9.17, 15) is 18.0 Å². The molecule has 1 aromatic rings. The number of nitrogens with two attached hydrogens (primary N) is 1. The molecule has 0 saturated carbocycles. The molecule has 0 aliphatic carbocycles. The lowest BCUT2D eigenvalue weighted by Gasteiger charge is -2.42. The zero-order valence-corrected chi connectivity index (χ0v) is 11.1. The molecule has 2 rings (SSSR count). The van der Waals surface area contributed by atoms with Crippen molar-refractivity contribution in [1.29, 1.82) is 0 Å². The van der Waals surface area contributed by atoms with Gasteiger partial charge in [-0.25, -0.2) is 0 Å². The van der Waals surface area contributed by atoms with Crippen molar-refractivity contribution < 1.29 is 27.8 Å². The third-order valence-electron chi connectivity index (χ3n) is 3.66. The molecule has 2 unspecified atom stereocenters. The van der Waals surface area contributed by atoms with Gasteiger partial charge in [-0.3, -0.25) is 9.78 Å². The Morgan fingerprint density at radius 3 is 2.86 bits per heavy atom. The Morgan fingerprint density at radius 2 is 2.29 bits per heavy atom. The van der Waals surface area contributed by atoms with Crippen molar-refractivity contribution in [2.45, 2.75) is 31.0 Å². The molecule has 8 heteroatoms. The van der Waals surface area contributed by atoms with Gasteiger partial charge in [0.05, 0.1) is 11.9 Å². The Balaban J connectivity index is 2.44. The van der Waals surface area contributed by atoms with Gasteiger partial charge in [0.2, 0.25) is 0 Å². The van der Waals surface area contributed by atoms with Crippen LogP contribution in [0.2, 0.25) is 0 Å². The first-order valence-electron chi connectivity index (χ1n) is 6.39. The number of carboxylic acids is 1. The van der Waals surface area contributed by atoms with Crippen LogP contribution >= 0.6 is 0 Å². The molecule has 21 heavy (non-hydrogen) atoms. The summed E-state index contributed by atoms with van der Waals surface area (Å²) in [5.41, 5.74) is 2.72. The summed E-state index contributed by atoms with van der Waals surface area (Å²) < 4.78 is 46.0. The number of rotatable bonds is 3. The topological polar surface area (TPSA) is 85.4 Å². The van der Waals surface area contributed by atoms with Gasteiger partial charge >= 0.3 is 12.1 Å². The summed E-state index contributed by atoms with van der Waals surface area (Å²) in [6.45, 7) is -0.167. The standard InChI is InChI=1S/C13H15F3N2O3/c14-13(15,16)12(9-1-3-18-7-10(9)17)6-8(2-4-21-12)5-11(19)20/h1,3,7-8H,2,4-6,17H2,(H,19,20). The highest BCUT2D eigenvalue weighted by molar-refractivity contribution is 5.67. The van der Waals surface area contributed by atoms with Crippen LogP contribution in [0.5, 0.6) is 0 Å². The lowest BCUT2D eigenvalue weighted by molar-refractivity contribution is -0.302. The molecule has 1 saturated heterocycles. The second kappa shape index (κ2) is 5.51. The smallest absolute Gasteiger partial charge is 0.421 e. The summed E-state index contributed by atoms with van der Waals surface area (Å²) in [5.74, 6) is -1.74. The molecular formula is C13H15F3N2O3. The maximum atomic E-state index is 13.6. The van der Waals surface area contributed by atoms with Crippen molar-refractivity contribution >= 4 is 11.7 Å². The molecule has 1 fully saturated rings. The number of alkyl halides is 3. The number of halogens is 3. The highest BCUT2D eigenvalue weighted by atomic mass is 19.4. The lowest BCUT2D eigenvalue weighted by atomic mass is 9.79. The molecule has 5 nitrogen and oxygen atoms in total. The minimum absolute atomic E-state index is 0.120. The zero-order valence-electron chi connectivity index (χ0n) is 11.1. The van der Waals surface area contributed by atoms with Crippen molar-refractivity contribution in [3.63, 3.8) is 0 Å². The minimum atomic E-state index is -4.69. The van der Waals surface area contributed by atoms with Gasteiger partial charge in [-0.05, 0) is 24.8 Å². The quantitative estimate of drug-likeness (QED) is 0.895. The third-order valence-corrected chi connectivity index (χ3v) is 3.66. The maximum absolute atomic E-state index is 13.6. The second-order valence-electron chi connectivity index (χ2n) is 5.09. The van der Waals surface area contributed by atoms with Gasteiger partial charge in [-0.2, -0.15) is 13.2 Å². The second-order valence-corrected chi connectivity index (χ2v) is 5.09. The normalized spacial score (nSPS) is 26.5. The van der Waals surface area contributed by atoms with Crippen LogP contribution in [-0.4, -0.2) is 28.8 Å². The number of anilines is 1. The molecule has 0 aromatic carbocycles. The summed E-state index contributed by atoms with van der Waals surface area (Å²) in [6, 6.07) is 1.17. The lowest BCUT2D eigenvalue weighted by Crippen LogP contribution is -2.49. The maximum Gasteiger partial charge on any atom is 0.421 e. The number of pyridine rings is 1. The van der Waals surface area contributed by atoms with Gasteiger partial charge in [-0.15, -0.1) is 0 Å². The van der Waals surface area contributed by atoms with E-state index < -0.39 is 30.1 Å². The molecule has 116 valence electrons. The molecule has 1 aliphatic heterocycles. The fraction of sp³-hybridized carbons (Fsp3) is 0.538. The zero-order chi connectivity index (χ0) is 15.7. The van der Waals surface area contributed by atoms with Crippen LogP contribution in [0.25, 0.3) is 0 Å². The summed E-state index contributed by atoms with van der Waals surface area (Å²) in [6.07, 6.45) is -2.87. The summed E-state index contributed by atoms with van der Waals surface area (Å²) >= 11 is 0. The largest absolute Gasteiger partial charge is 0.481 e. The third kappa shape index (κ3) is 2.94. The SMILES string of the molecule is Nc1cnccc1C1(C(F)(F)F)CC(CC(=O)O)CCO1. The van der Waals surface area contributed by atoms with E-state index in [1.165, 1.54) is 12.3 Å². The fourth-order valence-corrected chi connectivity index (χ4v) is 2.70. The van der Waals surface area contributed by atoms with E-state index in [1.807, 2.05) is 0 Å². The Labute approximate surface area is 118 Å². The van der Waals surface area contributed by atoms with Crippen molar-refractivity contribution in [2.75, 3.05) is 12.3 Å². The van der Waals surface area contributed by atoms with Crippen LogP contribution in [0, 0.1) is 5.92 Å². The Kier molecular flexibility index (Phi) is 4.08. The van der Waals surface area contributed by atoms with E-state index in [4.69, 9.17) is 15.6 Å². The van der Waals surface area contributed by atoms with Gasteiger partial charge in [-0.1, -0.05) is 0 Å². The Hall–Kier alpha value is -1.83. The van der Waals surface area contributed by atoms with Crippen molar-refractivity contribution in [2.24, 2.45) is 5.92 Å². The van der Waals surface area contributed by atoms with Crippen LogP contribution in [0.1, 0.15) is 24.8 Å². The Morgan fingerprint density at radius 1 is 1.57 bits per heavy atom. The minimum Gasteiger partial charge on any atom is -0.481 e. The number of aliphatic carboxylic acids is 1. The molecule has 0 bridgehead atoms. The van der Waals surface area contributed by atoms with Gasteiger partial charge in [0, 0.05) is 24.8 Å². The molecule has 2 atom stereocenters. The van der Waals surface area contributed by atoms with E-state index in [-0.39, 0.29) is 30.7 Å². The van der Waals surface area contributed by atoms with Gasteiger partial charge < -0.3 is 15.6 Å². The molecule has 2 heterocycles. The number of carbonyl (C=O) groups is 1. The van der Waals surface area contributed by atoms with Crippen LogP contribution in [0.15, 0.2) is 18.5 Å². The average Bonchev–Trinajstić information content (AvgIpc) is 2.37. The first kappa shape index (κ1) is 15.6. The molecule has 1 aromatic heterocycles. The van der Waals surface area contributed by atoms with Gasteiger partial charge in [0.15, 0.2) is 5.60 Å². The van der Waals surface area contributed by atoms with Crippen LogP contribution in [-0.2, 0) is 15.1 Å². The highest BCUT2D eigenvalue weighted by Gasteiger charge is 2.60. The first-order valence-corrected chi connectivity index (χ1v) is 6.39. The van der Waals surface area contributed by atoms with Gasteiger partial charge in [0.1, 0.15) is 0 Å². The number of nitrogen functional groups attached to an aromatic ring is 1. The predicted octanol–water partition coefficient (Wildman–Crippen LogP) is 2.32. The van der Waals surface area contributed by atoms with Crippen LogP contribution in [0.3, 0.4) is 0 Å². The van der Waals surface area contributed by atoms with Crippen molar-refractivity contribution in [3.05, 3.63) is 24.0 Å². The van der Waals surface area contributed by atoms with E-state index in [0.29, 0.717) is 0 Å². The monoisotopic (exact) mass is 304 g/mol. The predicted molar refractivity (Wildman–Crippen MR) is 67.3 cm³/mol. The molecular weight excluding hydrogens is 289 g/mol. The number of carboxylic acid groups (broad SMARTS) is 1. The van der Waals surface area contributed by atoms with E-state index in [1.54, 1.807) is 0 Å². The molecule has 0 amide bonds. The number of nitrogens with zero attached hydrogens (tertiary/aromatic N) is 1. The number of aromatic nitrogens is 1. The Bertz CT molecular complexity index is 536. The van der Waals surface area contributed by atoms with Crippen molar-refractivity contribution in [1.82, 2.24) is 4.98 Å². The number of hydrogen-bond acceptors (Lipinski definition) is 4. The van der Waals surface area contributed by atoms with Crippen molar-refractivity contribution in [3.8, 4) is 0 Å². The van der Waals surface area contributed by atoms with Crippen LogP contribution in [0.4, 0.5) is 18.9 Å². The summed E-state index contributed by atoms with van der Waals surface area (Å²) in [4.78, 5) is 14.5. The van der Waals surface area contributed by atoms with E-state index in [0.717, 1.165) is 6.20 Å². The number of ether oxygens (including phenoxy) is 1. The first-order chi connectivity index (χ1) is 9.76. The van der Waals surface area contributed by atoms with Crippen LogP contribution < -0.4 is 5.73 Å². The summed E-state index contributed by atoms with van der Waals surface area (Å²) in [5, 5.41) is 8.81. The highest BCUT2D eigenvalue weighted by Crippen LogP contribution is 2.51. The molecule has 0 spiro atoms. The molecule has 3 N–H and O–H groups in total. The number of hydrogen-bond donors (Lipinski definition) is 2. The molecule has 1 aliphatic rings. The fourth-order valence-electron chi connectivity index (χ4n) is 2.70. The van der Waals surface area contributed by atoms with E-state index >= 15 is 0 Å². The average molecular weight is 304 g/mol. The molecule has 0 radical (unpaired) electrons. The van der Waals surface area contributed by atoms with E-state index in [2.05, 4.69) is 4.98 Å².